The van der Waals surface area contributed by atoms with Crippen LogP contribution in [0.2, 0.25) is 0 Å². The molecule has 0 aliphatic heterocycles. The van der Waals surface area contributed by atoms with Gasteiger partial charge in [0.25, 0.3) is 0 Å². The summed E-state index contributed by atoms with van der Waals surface area (Å²) in [6, 6.07) is 1.49. The number of aromatic hydroxyl groups is 1. The Morgan fingerprint density at radius 1 is 0.892 bits per heavy atom. The number of benzene rings is 1. The largest absolute Gasteiger partial charge is 0.508 e. The van der Waals surface area contributed by atoms with E-state index in [0.717, 1.165) is 0 Å². The summed E-state index contributed by atoms with van der Waals surface area (Å²) in [5, 5.41) is 26.6. The van der Waals surface area contributed by atoms with Gasteiger partial charge in [0.15, 0.2) is 0 Å². The van der Waals surface area contributed by atoms with Crippen LogP contribution in [-0.2, 0) is 30.4 Å². The van der Waals surface area contributed by atoms with E-state index in [2.05, 4.69) is 16.0 Å². The van der Waals surface area contributed by atoms with Crippen molar-refractivity contribution in [1.82, 2.24) is 16.0 Å². The summed E-state index contributed by atoms with van der Waals surface area (Å²) < 4.78 is 0. The molecule has 0 aliphatic carbocycles. The molecule has 0 aliphatic rings. The van der Waals surface area contributed by atoms with E-state index in [0.29, 0.717) is 11.3 Å². The van der Waals surface area contributed by atoms with Gasteiger partial charge < -0.3 is 37.6 Å². The maximum Gasteiger partial charge on any atom is 0.326 e. The Morgan fingerprint density at radius 3 is 1.95 bits per heavy atom. The van der Waals surface area contributed by atoms with E-state index in [9.17, 15) is 34.2 Å². The summed E-state index contributed by atoms with van der Waals surface area (Å²) >= 11 is 1.47. The van der Waals surface area contributed by atoms with Crippen LogP contribution in [0.15, 0.2) is 24.3 Å². The maximum absolute atomic E-state index is 13.2. The van der Waals surface area contributed by atoms with Crippen LogP contribution in [0, 0.1) is 5.92 Å². The number of carboxylic acid groups (broad SMARTS) is 1. The number of carbonyl (C=O) groups is 5. The summed E-state index contributed by atoms with van der Waals surface area (Å²) in [4.78, 5) is 61.5. The highest BCUT2D eigenvalue weighted by Gasteiger charge is 2.31. The molecule has 4 amide bonds. The number of aliphatic carboxylic acids is 1. The lowest BCUT2D eigenvalue weighted by Gasteiger charge is -2.26. The summed E-state index contributed by atoms with van der Waals surface area (Å²) in [6.07, 6.45) is 1.60. The van der Waals surface area contributed by atoms with E-state index in [-0.39, 0.29) is 37.4 Å². The topological polar surface area (TPSA) is 214 Å². The van der Waals surface area contributed by atoms with E-state index in [1.54, 1.807) is 26.0 Å². The molecule has 1 aromatic rings. The van der Waals surface area contributed by atoms with Crippen molar-refractivity contribution in [3.63, 3.8) is 0 Å². The monoisotopic (exact) mass is 539 g/mol. The molecule has 4 atom stereocenters. The molecule has 13 heteroatoms. The van der Waals surface area contributed by atoms with Gasteiger partial charge >= 0.3 is 5.97 Å². The molecule has 0 bridgehead atoms. The lowest BCUT2D eigenvalue weighted by atomic mass is 10.0. The smallest absolute Gasteiger partial charge is 0.326 e. The van der Waals surface area contributed by atoms with E-state index in [4.69, 9.17) is 11.5 Å². The molecule has 9 N–H and O–H groups in total. The van der Waals surface area contributed by atoms with Gasteiger partial charge in [-0.25, -0.2) is 4.79 Å². The molecule has 0 aromatic heterocycles. The van der Waals surface area contributed by atoms with E-state index in [1.165, 1.54) is 23.9 Å². The summed E-state index contributed by atoms with van der Waals surface area (Å²) in [5.74, 6) is -3.64. The zero-order chi connectivity index (χ0) is 28.1. The molecule has 0 spiro atoms. The molecule has 0 saturated carbocycles. The maximum atomic E-state index is 13.2. The molecular weight excluding hydrogens is 502 g/mol. The van der Waals surface area contributed by atoms with Gasteiger partial charge in [-0.2, -0.15) is 11.8 Å². The SMILES string of the molecule is CSCCC(NC(=O)C(N)C(C)C)C(=O)NC(Cc1ccc(O)cc1)C(=O)NC(CCC(N)=O)C(=O)O. The number of primary amides is 1. The van der Waals surface area contributed by atoms with Crippen LogP contribution in [-0.4, -0.2) is 76.0 Å². The number of hydrogen-bond acceptors (Lipinski definition) is 8. The number of amides is 4. The molecule has 1 aromatic carbocycles. The molecule has 206 valence electrons. The van der Waals surface area contributed by atoms with Crippen molar-refractivity contribution < 1.29 is 34.2 Å². The number of carbonyl (C=O) groups excluding carboxylic acids is 4. The minimum Gasteiger partial charge on any atom is -0.508 e. The third kappa shape index (κ3) is 11.5. The second-order valence-corrected chi connectivity index (χ2v) is 9.93. The van der Waals surface area contributed by atoms with Gasteiger partial charge in [0.1, 0.15) is 23.9 Å². The number of nitrogens with one attached hydrogen (secondary N) is 3. The zero-order valence-electron chi connectivity index (χ0n) is 21.2. The first-order chi connectivity index (χ1) is 17.3. The zero-order valence-corrected chi connectivity index (χ0v) is 22.0. The van der Waals surface area contributed by atoms with Crippen molar-refractivity contribution >= 4 is 41.4 Å². The van der Waals surface area contributed by atoms with Crippen LogP contribution in [0.1, 0.15) is 38.7 Å². The van der Waals surface area contributed by atoms with Gasteiger partial charge in [0, 0.05) is 12.8 Å². The molecule has 1 rings (SSSR count). The van der Waals surface area contributed by atoms with Gasteiger partial charge in [-0.15, -0.1) is 0 Å². The van der Waals surface area contributed by atoms with Crippen LogP contribution in [0.25, 0.3) is 0 Å². The van der Waals surface area contributed by atoms with Gasteiger partial charge in [-0.05, 0) is 48.5 Å². The fraction of sp³-hybridized carbons (Fsp3) is 0.542. The predicted octanol–water partition coefficient (Wildman–Crippen LogP) is -0.524. The van der Waals surface area contributed by atoms with Crippen molar-refractivity contribution in [1.29, 1.82) is 0 Å². The molecule has 37 heavy (non-hydrogen) atoms. The molecule has 0 radical (unpaired) electrons. The second kappa shape index (κ2) is 15.7. The number of carboxylic acids is 1. The number of nitrogens with two attached hydrogens (primary N) is 2. The lowest BCUT2D eigenvalue weighted by molar-refractivity contribution is -0.142. The van der Waals surface area contributed by atoms with Crippen molar-refractivity contribution in [3.05, 3.63) is 29.8 Å². The molecule has 0 saturated heterocycles. The van der Waals surface area contributed by atoms with E-state index >= 15 is 0 Å². The minimum atomic E-state index is -1.41. The molecule has 4 unspecified atom stereocenters. The van der Waals surface area contributed by atoms with Crippen LogP contribution < -0.4 is 27.4 Å². The highest BCUT2D eigenvalue weighted by molar-refractivity contribution is 7.98. The Labute approximate surface area is 220 Å². The molecule has 12 nitrogen and oxygen atoms in total. The molecule has 0 heterocycles. The Bertz CT molecular complexity index is 942. The molecule has 0 fully saturated rings. The normalized spacial score (nSPS) is 14.2. The Hall–Kier alpha value is -3.32. The van der Waals surface area contributed by atoms with Gasteiger partial charge in [0.2, 0.25) is 23.6 Å². The van der Waals surface area contributed by atoms with Crippen molar-refractivity contribution in [2.24, 2.45) is 17.4 Å². The van der Waals surface area contributed by atoms with Gasteiger partial charge in [0.05, 0.1) is 6.04 Å². The van der Waals surface area contributed by atoms with E-state index in [1.807, 2.05) is 6.26 Å². The highest BCUT2D eigenvalue weighted by Crippen LogP contribution is 2.13. The van der Waals surface area contributed by atoms with Gasteiger partial charge in [-0.3, -0.25) is 19.2 Å². The summed E-state index contributed by atoms with van der Waals surface area (Å²) in [7, 11) is 0. The van der Waals surface area contributed by atoms with Crippen molar-refractivity contribution in [3.8, 4) is 5.75 Å². The average molecular weight is 540 g/mol. The van der Waals surface area contributed by atoms with E-state index < -0.39 is 53.8 Å². The first-order valence-corrected chi connectivity index (χ1v) is 13.2. The Balaban J connectivity index is 3.15. The Kier molecular flexibility index (Phi) is 13.5. The number of phenolic OH excluding ortho intramolecular Hbond substituents is 1. The number of thioether (sulfide) groups is 1. The number of rotatable bonds is 16. The van der Waals surface area contributed by atoms with Gasteiger partial charge in [-0.1, -0.05) is 26.0 Å². The standard InChI is InChI=1S/C24H37N5O7S/c1-13(2)20(26)23(34)27-16(10-11-37-3)21(32)29-18(12-14-4-6-15(30)7-5-14)22(33)28-17(24(35)36)8-9-19(25)31/h4-7,13,16-18,20,30H,8-12,26H2,1-3H3,(H2,25,31)(H,27,34)(H,28,33)(H,29,32)(H,35,36). The van der Waals surface area contributed by atoms with Crippen molar-refractivity contribution in [2.75, 3.05) is 12.0 Å². The summed E-state index contributed by atoms with van der Waals surface area (Å²) in [5.41, 5.74) is 11.6. The summed E-state index contributed by atoms with van der Waals surface area (Å²) in [6.45, 7) is 3.55. The first kappa shape index (κ1) is 31.7. The average Bonchev–Trinajstić information content (AvgIpc) is 2.83. The minimum absolute atomic E-state index is 0.00696. The fourth-order valence-electron chi connectivity index (χ4n) is 3.24. The third-order valence-corrected chi connectivity index (χ3v) is 6.21. The first-order valence-electron chi connectivity index (χ1n) is 11.8. The fourth-order valence-corrected chi connectivity index (χ4v) is 3.71. The number of hydrogen-bond donors (Lipinski definition) is 7. The van der Waals surface area contributed by atoms with Crippen LogP contribution in [0.3, 0.4) is 0 Å². The van der Waals surface area contributed by atoms with Crippen LogP contribution in [0.4, 0.5) is 0 Å². The predicted molar refractivity (Wildman–Crippen MR) is 139 cm³/mol. The number of phenols is 1. The highest BCUT2D eigenvalue weighted by atomic mass is 32.2. The van der Waals surface area contributed by atoms with Crippen LogP contribution >= 0.6 is 11.8 Å². The van der Waals surface area contributed by atoms with Crippen LogP contribution in [0.5, 0.6) is 5.75 Å². The Morgan fingerprint density at radius 2 is 1.43 bits per heavy atom. The second-order valence-electron chi connectivity index (χ2n) is 8.95. The van der Waals surface area contributed by atoms with Crippen molar-refractivity contribution in [2.45, 2.75) is 63.7 Å². The third-order valence-electron chi connectivity index (χ3n) is 5.57. The lowest BCUT2D eigenvalue weighted by Crippen LogP contribution is -2.58. The molecular formula is C24H37N5O7S. The quantitative estimate of drug-likeness (QED) is 0.144.